The Morgan fingerprint density at radius 1 is 1.26 bits per heavy atom. The fraction of sp³-hybridized carbons (Fsp3) is 0.353. The minimum atomic E-state index is -0.0631. The first-order valence-electron chi connectivity index (χ1n) is 7.42. The average Bonchev–Trinajstić information content (AvgIpc) is 3.07. The quantitative estimate of drug-likeness (QED) is 0.805. The molecule has 124 valence electrons. The van der Waals surface area contributed by atoms with Crippen LogP contribution in [-0.4, -0.2) is 38.1 Å². The molecule has 0 spiro atoms. The molecule has 23 heavy (non-hydrogen) atoms. The zero-order chi connectivity index (χ0) is 16.7. The number of thiophene rings is 1. The van der Waals surface area contributed by atoms with E-state index in [0.29, 0.717) is 23.7 Å². The maximum atomic E-state index is 12.3. The molecule has 5 nitrogen and oxygen atoms in total. The highest BCUT2D eigenvalue weighted by Gasteiger charge is 2.13. The standard InChI is InChI=1S/C17H22N2O3S/c1-4-19(11-14-6-5-9-23-14)12-17(20)18-15-8-7-13(21-2)10-16(15)22-3/h5-10H,4,11-12H2,1-3H3,(H,18,20). The molecule has 0 bridgehead atoms. The van der Waals surface area contributed by atoms with Gasteiger partial charge < -0.3 is 14.8 Å². The highest BCUT2D eigenvalue weighted by atomic mass is 32.1. The molecular weight excluding hydrogens is 312 g/mol. The van der Waals surface area contributed by atoms with Gasteiger partial charge in [0.25, 0.3) is 0 Å². The van der Waals surface area contributed by atoms with E-state index in [1.165, 1.54) is 4.88 Å². The number of carbonyl (C=O) groups is 1. The van der Waals surface area contributed by atoms with Gasteiger partial charge in [0.2, 0.25) is 5.91 Å². The highest BCUT2D eigenvalue weighted by molar-refractivity contribution is 7.09. The van der Waals surface area contributed by atoms with E-state index in [-0.39, 0.29) is 5.91 Å². The fourth-order valence-electron chi connectivity index (χ4n) is 2.20. The van der Waals surface area contributed by atoms with Crippen LogP contribution in [0.1, 0.15) is 11.8 Å². The summed E-state index contributed by atoms with van der Waals surface area (Å²) < 4.78 is 10.5. The summed E-state index contributed by atoms with van der Waals surface area (Å²) in [6.45, 7) is 3.98. The molecule has 0 unspecified atom stereocenters. The molecule has 1 aromatic heterocycles. The normalized spacial score (nSPS) is 10.6. The van der Waals surface area contributed by atoms with Crippen LogP contribution in [0, 0.1) is 0 Å². The molecule has 6 heteroatoms. The fourth-order valence-corrected chi connectivity index (χ4v) is 2.94. The molecule has 0 radical (unpaired) electrons. The second-order valence-electron chi connectivity index (χ2n) is 5.00. The second kappa shape index (κ2) is 8.55. The van der Waals surface area contributed by atoms with Crippen molar-refractivity contribution in [3.8, 4) is 11.5 Å². The topological polar surface area (TPSA) is 50.8 Å². The number of hydrogen-bond donors (Lipinski definition) is 1. The van der Waals surface area contributed by atoms with E-state index in [1.54, 1.807) is 43.8 Å². The minimum Gasteiger partial charge on any atom is -0.497 e. The van der Waals surface area contributed by atoms with Gasteiger partial charge in [-0.25, -0.2) is 0 Å². The SMILES string of the molecule is CCN(CC(=O)Nc1ccc(OC)cc1OC)Cc1cccs1. The van der Waals surface area contributed by atoms with Gasteiger partial charge in [-0.3, -0.25) is 9.69 Å². The Balaban J connectivity index is 1.98. The monoisotopic (exact) mass is 334 g/mol. The number of nitrogens with one attached hydrogen (secondary N) is 1. The van der Waals surface area contributed by atoms with Crippen molar-refractivity contribution in [1.29, 1.82) is 0 Å². The Morgan fingerprint density at radius 2 is 2.09 bits per heavy atom. The van der Waals surface area contributed by atoms with Crippen molar-refractivity contribution in [2.24, 2.45) is 0 Å². The Bertz CT molecular complexity index is 629. The Hall–Kier alpha value is -2.05. The van der Waals surface area contributed by atoms with Gasteiger partial charge in [0.15, 0.2) is 0 Å². The van der Waals surface area contributed by atoms with Gasteiger partial charge in [-0.15, -0.1) is 11.3 Å². The molecule has 1 aromatic carbocycles. The van der Waals surface area contributed by atoms with Gasteiger partial charge >= 0.3 is 0 Å². The number of ether oxygens (including phenoxy) is 2. The predicted molar refractivity (Wildman–Crippen MR) is 93.4 cm³/mol. The number of amides is 1. The van der Waals surface area contributed by atoms with Crippen LogP contribution < -0.4 is 14.8 Å². The van der Waals surface area contributed by atoms with Crippen molar-refractivity contribution in [2.45, 2.75) is 13.5 Å². The van der Waals surface area contributed by atoms with Gasteiger partial charge in [0, 0.05) is 17.5 Å². The van der Waals surface area contributed by atoms with Gasteiger partial charge in [-0.2, -0.15) is 0 Å². The third-order valence-electron chi connectivity index (χ3n) is 3.46. The van der Waals surface area contributed by atoms with Gasteiger partial charge in [0.1, 0.15) is 11.5 Å². The van der Waals surface area contributed by atoms with Crippen LogP contribution in [0.3, 0.4) is 0 Å². The Labute approximate surface area is 140 Å². The van der Waals surface area contributed by atoms with Gasteiger partial charge in [-0.05, 0) is 30.1 Å². The summed E-state index contributed by atoms with van der Waals surface area (Å²) in [5, 5.41) is 4.95. The Morgan fingerprint density at radius 3 is 2.70 bits per heavy atom. The highest BCUT2D eigenvalue weighted by Crippen LogP contribution is 2.28. The molecule has 1 amide bonds. The number of likely N-dealkylation sites (N-methyl/N-ethyl adjacent to an activating group) is 1. The number of nitrogens with zero attached hydrogens (tertiary/aromatic N) is 1. The maximum Gasteiger partial charge on any atom is 0.238 e. The number of hydrogen-bond acceptors (Lipinski definition) is 5. The summed E-state index contributed by atoms with van der Waals surface area (Å²) in [5.74, 6) is 1.21. The van der Waals surface area contributed by atoms with E-state index >= 15 is 0 Å². The third kappa shape index (κ3) is 4.97. The van der Waals surface area contributed by atoms with E-state index in [4.69, 9.17) is 9.47 Å². The summed E-state index contributed by atoms with van der Waals surface area (Å²) in [4.78, 5) is 15.6. The molecule has 0 aliphatic carbocycles. The summed E-state index contributed by atoms with van der Waals surface area (Å²) in [6.07, 6.45) is 0. The average molecular weight is 334 g/mol. The molecule has 0 saturated heterocycles. The minimum absolute atomic E-state index is 0.0631. The van der Waals surface area contributed by atoms with Crippen molar-refractivity contribution >= 4 is 22.9 Å². The van der Waals surface area contributed by atoms with E-state index in [9.17, 15) is 4.79 Å². The van der Waals surface area contributed by atoms with E-state index in [2.05, 4.69) is 23.2 Å². The second-order valence-corrected chi connectivity index (χ2v) is 6.03. The van der Waals surface area contributed by atoms with Crippen molar-refractivity contribution in [3.05, 3.63) is 40.6 Å². The van der Waals surface area contributed by atoms with Crippen LogP contribution in [0.25, 0.3) is 0 Å². The summed E-state index contributed by atoms with van der Waals surface area (Å²) in [6, 6.07) is 9.43. The number of methoxy groups -OCH3 is 2. The van der Waals surface area contributed by atoms with E-state index in [1.807, 2.05) is 11.4 Å². The zero-order valence-electron chi connectivity index (χ0n) is 13.7. The Kier molecular flexibility index (Phi) is 6.43. The van der Waals surface area contributed by atoms with Crippen molar-refractivity contribution in [3.63, 3.8) is 0 Å². The van der Waals surface area contributed by atoms with Gasteiger partial charge in [-0.1, -0.05) is 13.0 Å². The first-order chi connectivity index (χ1) is 11.2. The largest absolute Gasteiger partial charge is 0.497 e. The molecule has 2 aromatic rings. The molecule has 0 aliphatic rings. The third-order valence-corrected chi connectivity index (χ3v) is 4.32. The maximum absolute atomic E-state index is 12.3. The molecule has 1 heterocycles. The molecule has 0 saturated carbocycles. The number of benzene rings is 1. The smallest absolute Gasteiger partial charge is 0.238 e. The lowest BCUT2D eigenvalue weighted by atomic mass is 10.2. The summed E-state index contributed by atoms with van der Waals surface area (Å²) in [5.41, 5.74) is 0.644. The number of carbonyl (C=O) groups excluding carboxylic acids is 1. The first-order valence-corrected chi connectivity index (χ1v) is 8.30. The van der Waals surface area contributed by atoms with Crippen molar-refractivity contribution < 1.29 is 14.3 Å². The molecule has 0 fully saturated rings. The van der Waals surface area contributed by atoms with Crippen LogP contribution in [0.4, 0.5) is 5.69 Å². The molecular formula is C17H22N2O3S. The molecule has 1 N–H and O–H groups in total. The molecule has 2 rings (SSSR count). The van der Waals surface area contributed by atoms with Crippen LogP contribution in [-0.2, 0) is 11.3 Å². The lowest BCUT2D eigenvalue weighted by Crippen LogP contribution is -2.32. The van der Waals surface area contributed by atoms with Crippen LogP contribution in [0.2, 0.25) is 0 Å². The van der Waals surface area contributed by atoms with Crippen molar-refractivity contribution in [1.82, 2.24) is 4.90 Å². The van der Waals surface area contributed by atoms with Crippen LogP contribution in [0.15, 0.2) is 35.7 Å². The lowest BCUT2D eigenvalue weighted by Gasteiger charge is -2.19. The van der Waals surface area contributed by atoms with Crippen molar-refractivity contribution in [2.75, 3.05) is 32.6 Å². The first kappa shape index (κ1) is 17.3. The number of rotatable bonds is 8. The zero-order valence-corrected chi connectivity index (χ0v) is 14.5. The molecule has 0 aliphatic heterocycles. The number of anilines is 1. The lowest BCUT2D eigenvalue weighted by molar-refractivity contribution is -0.117. The molecule has 0 atom stereocenters. The van der Waals surface area contributed by atoms with E-state index in [0.717, 1.165) is 13.1 Å². The predicted octanol–water partition coefficient (Wildman–Crippen LogP) is 3.23. The van der Waals surface area contributed by atoms with Gasteiger partial charge in [0.05, 0.1) is 26.5 Å². The summed E-state index contributed by atoms with van der Waals surface area (Å²) >= 11 is 1.70. The summed E-state index contributed by atoms with van der Waals surface area (Å²) in [7, 11) is 3.16. The van der Waals surface area contributed by atoms with Crippen LogP contribution >= 0.6 is 11.3 Å². The van der Waals surface area contributed by atoms with E-state index < -0.39 is 0 Å². The van der Waals surface area contributed by atoms with Crippen LogP contribution in [0.5, 0.6) is 11.5 Å².